The van der Waals surface area contributed by atoms with Crippen LogP contribution in [-0.2, 0) is 0 Å². The van der Waals surface area contributed by atoms with E-state index in [1.54, 1.807) is 35.2 Å². The number of ether oxygens (including phenoxy) is 1. The van der Waals surface area contributed by atoms with Crippen molar-refractivity contribution in [3.63, 3.8) is 0 Å². The lowest BCUT2D eigenvalue weighted by Gasteiger charge is -2.22. The van der Waals surface area contributed by atoms with Crippen LogP contribution in [0, 0.1) is 5.82 Å². The highest BCUT2D eigenvalue weighted by Crippen LogP contribution is 2.23. The molecule has 4 heteroatoms. The van der Waals surface area contributed by atoms with Crippen molar-refractivity contribution in [1.29, 1.82) is 0 Å². The molecule has 0 spiro atoms. The van der Waals surface area contributed by atoms with E-state index in [0.29, 0.717) is 30.2 Å². The summed E-state index contributed by atoms with van der Waals surface area (Å²) in [6, 6.07) is 13.0. The molecule has 2 aromatic carbocycles. The maximum Gasteiger partial charge on any atom is 0.262 e. The third-order valence-electron chi connectivity index (χ3n) is 3.12. The summed E-state index contributed by atoms with van der Waals surface area (Å²) in [6.07, 6.45) is 0. The average molecular weight is 287 g/mol. The Balaban J connectivity index is 2.34. The van der Waals surface area contributed by atoms with Crippen LogP contribution < -0.4 is 9.64 Å². The quantitative estimate of drug-likeness (QED) is 0.835. The molecule has 0 aliphatic rings. The zero-order chi connectivity index (χ0) is 15.2. The first-order chi connectivity index (χ1) is 10.2. The zero-order valence-electron chi connectivity index (χ0n) is 12.2. The van der Waals surface area contributed by atoms with Crippen molar-refractivity contribution in [3.05, 3.63) is 59.9 Å². The number of hydrogen-bond donors (Lipinski definition) is 0. The highest BCUT2D eigenvalue weighted by molar-refractivity contribution is 6.07. The molecule has 0 unspecified atom stereocenters. The van der Waals surface area contributed by atoms with E-state index in [4.69, 9.17) is 4.74 Å². The van der Waals surface area contributed by atoms with Crippen LogP contribution in [0.4, 0.5) is 10.1 Å². The Labute approximate surface area is 124 Å². The maximum atomic E-state index is 13.0. The summed E-state index contributed by atoms with van der Waals surface area (Å²) in [4.78, 5) is 14.3. The van der Waals surface area contributed by atoms with Crippen molar-refractivity contribution in [1.82, 2.24) is 0 Å². The number of anilines is 1. The molecule has 1 amide bonds. The third-order valence-corrected chi connectivity index (χ3v) is 3.12. The Morgan fingerprint density at radius 3 is 2.38 bits per heavy atom. The smallest absolute Gasteiger partial charge is 0.262 e. The van der Waals surface area contributed by atoms with Crippen LogP contribution >= 0.6 is 0 Å². The van der Waals surface area contributed by atoms with Gasteiger partial charge in [0, 0.05) is 12.2 Å². The highest BCUT2D eigenvalue weighted by atomic mass is 19.1. The molecule has 0 N–H and O–H groups in total. The van der Waals surface area contributed by atoms with Crippen LogP contribution in [0.3, 0.4) is 0 Å². The highest BCUT2D eigenvalue weighted by Gasteiger charge is 2.19. The van der Waals surface area contributed by atoms with E-state index in [0.717, 1.165) is 0 Å². The Kier molecular flexibility index (Phi) is 4.93. The number of para-hydroxylation sites is 1. The van der Waals surface area contributed by atoms with E-state index >= 15 is 0 Å². The van der Waals surface area contributed by atoms with E-state index in [-0.39, 0.29) is 11.7 Å². The molecular formula is C17H18FNO2. The van der Waals surface area contributed by atoms with Gasteiger partial charge in [-0.05, 0) is 50.2 Å². The van der Waals surface area contributed by atoms with Crippen LogP contribution in [0.25, 0.3) is 0 Å². The predicted octanol–water partition coefficient (Wildman–Crippen LogP) is 3.89. The number of benzene rings is 2. The van der Waals surface area contributed by atoms with Crippen molar-refractivity contribution in [2.75, 3.05) is 18.1 Å². The monoisotopic (exact) mass is 287 g/mol. The van der Waals surface area contributed by atoms with Gasteiger partial charge >= 0.3 is 0 Å². The minimum Gasteiger partial charge on any atom is -0.493 e. The molecule has 0 heterocycles. The third kappa shape index (κ3) is 3.40. The number of carbonyl (C=O) groups is 1. The fourth-order valence-corrected chi connectivity index (χ4v) is 2.13. The van der Waals surface area contributed by atoms with Gasteiger partial charge in [0.25, 0.3) is 5.91 Å². The molecule has 21 heavy (non-hydrogen) atoms. The van der Waals surface area contributed by atoms with Gasteiger partial charge in [-0.25, -0.2) is 4.39 Å². The van der Waals surface area contributed by atoms with Crippen LogP contribution in [0.2, 0.25) is 0 Å². The predicted molar refractivity (Wildman–Crippen MR) is 81.4 cm³/mol. The molecular weight excluding hydrogens is 269 g/mol. The molecule has 0 saturated heterocycles. The molecule has 0 aromatic heterocycles. The summed E-state index contributed by atoms with van der Waals surface area (Å²) in [5.74, 6) is 0.0793. The fraction of sp³-hybridized carbons (Fsp3) is 0.235. The van der Waals surface area contributed by atoms with Gasteiger partial charge in [0.1, 0.15) is 11.6 Å². The second-order valence-corrected chi connectivity index (χ2v) is 4.46. The summed E-state index contributed by atoms with van der Waals surface area (Å²) >= 11 is 0. The van der Waals surface area contributed by atoms with Crippen molar-refractivity contribution in [3.8, 4) is 5.75 Å². The van der Waals surface area contributed by atoms with Crippen molar-refractivity contribution >= 4 is 11.6 Å². The zero-order valence-corrected chi connectivity index (χ0v) is 12.2. The molecule has 2 rings (SSSR count). The molecule has 0 bridgehead atoms. The lowest BCUT2D eigenvalue weighted by molar-refractivity contribution is 0.0984. The number of carbonyl (C=O) groups excluding carboxylic acids is 1. The molecule has 0 atom stereocenters. The van der Waals surface area contributed by atoms with E-state index in [2.05, 4.69) is 0 Å². The van der Waals surface area contributed by atoms with E-state index in [1.165, 1.54) is 12.1 Å². The summed E-state index contributed by atoms with van der Waals surface area (Å²) in [6.45, 7) is 4.74. The molecule has 3 nitrogen and oxygen atoms in total. The van der Waals surface area contributed by atoms with Crippen LogP contribution in [0.1, 0.15) is 24.2 Å². The van der Waals surface area contributed by atoms with Gasteiger partial charge in [0.05, 0.1) is 12.2 Å². The van der Waals surface area contributed by atoms with E-state index < -0.39 is 0 Å². The van der Waals surface area contributed by atoms with Gasteiger partial charge in [-0.2, -0.15) is 0 Å². The van der Waals surface area contributed by atoms with Crippen molar-refractivity contribution < 1.29 is 13.9 Å². The van der Waals surface area contributed by atoms with Crippen molar-refractivity contribution in [2.45, 2.75) is 13.8 Å². The Morgan fingerprint density at radius 1 is 1.10 bits per heavy atom. The van der Waals surface area contributed by atoms with Gasteiger partial charge in [-0.15, -0.1) is 0 Å². The van der Waals surface area contributed by atoms with Gasteiger partial charge in [-0.1, -0.05) is 12.1 Å². The fourth-order valence-electron chi connectivity index (χ4n) is 2.13. The summed E-state index contributed by atoms with van der Waals surface area (Å²) in [5.41, 5.74) is 1.17. The first-order valence-corrected chi connectivity index (χ1v) is 6.96. The van der Waals surface area contributed by atoms with Gasteiger partial charge in [0.15, 0.2) is 0 Å². The Bertz CT molecular complexity index is 610. The number of amides is 1. The summed E-state index contributed by atoms with van der Waals surface area (Å²) in [7, 11) is 0. The minimum atomic E-state index is -0.322. The largest absolute Gasteiger partial charge is 0.493 e. The van der Waals surface area contributed by atoms with E-state index in [1.807, 2.05) is 19.9 Å². The average Bonchev–Trinajstić information content (AvgIpc) is 2.50. The normalized spacial score (nSPS) is 10.2. The summed E-state index contributed by atoms with van der Waals surface area (Å²) in [5, 5.41) is 0. The summed E-state index contributed by atoms with van der Waals surface area (Å²) < 4.78 is 18.5. The lowest BCUT2D eigenvalue weighted by atomic mass is 10.1. The molecule has 0 saturated carbocycles. The molecule has 0 radical (unpaired) electrons. The standard InChI is InChI=1S/C17H18FNO2/c1-3-19(14-11-9-13(18)10-12-14)17(20)15-7-5-6-8-16(15)21-4-2/h5-12H,3-4H2,1-2H3. The molecule has 0 aliphatic carbocycles. The Morgan fingerprint density at radius 2 is 1.76 bits per heavy atom. The van der Waals surface area contributed by atoms with E-state index in [9.17, 15) is 9.18 Å². The molecule has 110 valence electrons. The molecule has 0 aliphatic heterocycles. The lowest BCUT2D eigenvalue weighted by Crippen LogP contribution is -2.31. The molecule has 2 aromatic rings. The van der Waals surface area contributed by atoms with Gasteiger partial charge in [-0.3, -0.25) is 4.79 Å². The first-order valence-electron chi connectivity index (χ1n) is 6.96. The molecule has 0 fully saturated rings. The number of nitrogens with zero attached hydrogens (tertiary/aromatic N) is 1. The van der Waals surface area contributed by atoms with Crippen molar-refractivity contribution in [2.24, 2.45) is 0 Å². The number of halogens is 1. The topological polar surface area (TPSA) is 29.5 Å². The first kappa shape index (κ1) is 15.0. The van der Waals surface area contributed by atoms with Gasteiger partial charge in [0.2, 0.25) is 0 Å². The SMILES string of the molecule is CCOc1ccccc1C(=O)N(CC)c1ccc(F)cc1. The van der Waals surface area contributed by atoms with Crippen LogP contribution in [0.5, 0.6) is 5.75 Å². The van der Waals surface area contributed by atoms with Crippen LogP contribution in [-0.4, -0.2) is 19.1 Å². The van der Waals surface area contributed by atoms with Gasteiger partial charge < -0.3 is 9.64 Å². The second kappa shape index (κ2) is 6.88. The number of hydrogen-bond acceptors (Lipinski definition) is 2. The van der Waals surface area contributed by atoms with Crippen LogP contribution in [0.15, 0.2) is 48.5 Å². The minimum absolute atomic E-state index is 0.159. The maximum absolute atomic E-state index is 13.0. The number of rotatable bonds is 5. The second-order valence-electron chi connectivity index (χ2n) is 4.46. The Hall–Kier alpha value is -2.36.